The number of nitrogens with zero attached hydrogens (tertiary/aromatic N) is 4. The van der Waals surface area contributed by atoms with Crippen molar-refractivity contribution in [3.8, 4) is 17.3 Å². The largest absolute Gasteiger partial charge is 0.326 e. The Kier molecular flexibility index (Phi) is 2.92. The summed E-state index contributed by atoms with van der Waals surface area (Å²) in [6, 6.07) is 11.6. The van der Waals surface area contributed by atoms with Crippen molar-refractivity contribution in [1.82, 2.24) is 14.2 Å². The van der Waals surface area contributed by atoms with Crippen LogP contribution in [0.5, 0.6) is 0 Å². The Morgan fingerprint density at radius 1 is 1.30 bits per heavy atom. The quantitative estimate of drug-likeness (QED) is 0.688. The van der Waals surface area contributed by atoms with Crippen molar-refractivity contribution in [1.29, 1.82) is 5.26 Å². The van der Waals surface area contributed by atoms with Crippen LogP contribution in [-0.2, 0) is 7.05 Å². The van der Waals surface area contributed by atoms with Gasteiger partial charge >= 0.3 is 0 Å². The van der Waals surface area contributed by atoms with Crippen LogP contribution in [0.4, 0.5) is 0 Å². The average molecular weight is 329 g/mol. The molecule has 2 aromatic heterocycles. The van der Waals surface area contributed by atoms with Gasteiger partial charge in [-0.15, -0.1) is 0 Å². The molecule has 0 aliphatic rings. The van der Waals surface area contributed by atoms with Gasteiger partial charge in [0.2, 0.25) is 0 Å². The van der Waals surface area contributed by atoms with Crippen LogP contribution in [0, 0.1) is 11.3 Å². The lowest BCUT2D eigenvalue weighted by Gasteiger charge is -2.13. The van der Waals surface area contributed by atoms with E-state index < -0.39 is 0 Å². The minimum absolute atomic E-state index is 0.279. The lowest BCUT2D eigenvalue weighted by Crippen LogP contribution is -2.20. The molecule has 3 rings (SSSR count). The minimum atomic E-state index is -0.279. The highest BCUT2D eigenvalue weighted by Gasteiger charge is 2.18. The maximum atomic E-state index is 12.3. The second-order valence-corrected chi connectivity index (χ2v) is 5.09. The molecule has 98 valence electrons. The van der Waals surface area contributed by atoms with E-state index in [1.807, 2.05) is 37.4 Å². The molecule has 0 atom stereocenters. The molecule has 0 unspecified atom stereocenters. The highest BCUT2D eigenvalue weighted by atomic mass is 79.9. The van der Waals surface area contributed by atoms with Gasteiger partial charge in [0.25, 0.3) is 5.56 Å². The Labute approximate surface area is 122 Å². The van der Waals surface area contributed by atoms with Crippen LogP contribution >= 0.6 is 15.9 Å². The molecule has 0 aliphatic carbocycles. The molecule has 0 aliphatic heterocycles. The predicted molar refractivity (Wildman–Crippen MR) is 78.3 cm³/mol. The van der Waals surface area contributed by atoms with Gasteiger partial charge in [-0.25, -0.2) is 0 Å². The molecule has 0 radical (unpaired) electrons. The van der Waals surface area contributed by atoms with Crippen LogP contribution < -0.4 is 5.56 Å². The zero-order chi connectivity index (χ0) is 14.3. The smallest absolute Gasteiger partial charge is 0.289 e. The molecule has 0 fully saturated rings. The molecule has 0 N–H and O–H groups in total. The van der Waals surface area contributed by atoms with E-state index >= 15 is 0 Å². The molecule has 0 bridgehead atoms. The van der Waals surface area contributed by atoms with E-state index in [-0.39, 0.29) is 5.56 Å². The van der Waals surface area contributed by atoms with E-state index in [0.29, 0.717) is 15.7 Å². The summed E-state index contributed by atoms with van der Waals surface area (Å²) >= 11 is 3.34. The van der Waals surface area contributed by atoms with Crippen molar-refractivity contribution in [2.75, 3.05) is 0 Å². The van der Waals surface area contributed by atoms with Crippen molar-refractivity contribution in [3.63, 3.8) is 0 Å². The molecule has 1 aromatic carbocycles. The summed E-state index contributed by atoms with van der Waals surface area (Å²) in [5.74, 6) is 0. The Morgan fingerprint density at radius 3 is 2.65 bits per heavy atom. The molecule has 0 amide bonds. The first kappa shape index (κ1) is 12.6. The van der Waals surface area contributed by atoms with Crippen molar-refractivity contribution < 1.29 is 0 Å². The SMILES string of the molecule is Cn1c(-c2ccccc2)c(Br)c(=O)n2ncc(C#N)c12. The van der Waals surface area contributed by atoms with Gasteiger partial charge in [0.15, 0.2) is 5.65 Å². The lowest BCUT2D eigenvalue weighted by atomic mass is 10.1. The first-order valence-electron chi connectivity index (χ1n) is 5.87. The number of aryl methyl sites for hydroxylation is 1. The van der Waals surface area contributed by atoms with Crippen molar-refractivity contribution >= 4 is 21.6 Å². The topological polar surface area (TPSA) is 63.1 Å². The first-order chi connectivity index (χ1) is 9.65. The Hall–Kier alpha value is -2.39. The molecular weight excluding hydrogens is 320 g/mol. The molecule has 3 aromatic rings. The molecule has 0 saturated carbocycles. The van der Waals surface area contributed by atoms with Crippen LogP contribution in [0.2, 0.25) is 0 Å². The van der Waals surface area contributed by atoms with Gasteiger partial charge in [-0.05, 0) is 21.5 Å². The van der Waals surface area contributed by atoms with Crippen LogP contribution in [0.1, 0.15) is 5.56 Å². The minimum Gasteiger partial charge on any atom is -0.326 e. The Balaban J connectivity index is 2.51. The number of halogens is 1. The third-order valence-electron chi connectivity index (χ3n) is 3.15. The average Bonchev–Trinajstić information content (AvgIpc) is 2.90. The van der Waals surface area contributed by atoms with E-state index in [1.165, 1.54) is 10.7 Å². The van der Waals surface area contributed by atoms with Gasteiger partial charge in [-0.2, -0.15) is 14.9 Å². The fourth-order valence-corrected chi connectivity index (χ4v) is 2.92. The predicted octanol–water partition coefficient (Wildman–Crippen LogP) is 2.33. The normalized spacial score (nSPS) is 10.7. The van der Waals surface area contributed by atoms with Crippen molar-refractivity contribution in [2.45, 2.75) is 0 Å². The van der Waals surface area contributed by atoms with Gasteiger partial charge in [0, 0.05) is 7.05 Å². The van der Waals surface area contributed by atoms with E-state index in [1.54, 1.807) is 4.57 Å². The monoisotopic (exact) mass is 328 g/mol. The number of nitriles is 1. The van der Waals surface area contributed by atoms with E-state index in [2.05, 4.69) is 27.1 Å². The van der Waals surface area contributed by atoms with Crippen LogP contribution in [-0.4, -0.2) is 14.2 Å². The summed E-state index contributed by atoms with van der Waals surface area (Å²) in [5, 5.41) is 13.1. The molecule has 6 heteroatoms. The number of fused-ring (bicyclic) bond motifs is 1. The third kappa shape index (κ3) is 1.67. The van der Waals surface area contributed by atoms with Gasteiger partial charge in [-0.3, -0.25) is 4.79 Å². The summed E-state index contributed by atoms with van der Waals surface area (Å²) in [7, 11) is 1.81. The number of hydrogen-bond acceptors (Lipinski definition) is 3. The molecule has 20 heavy (non-hydrogen) atoms. The number of benzene rings is 1. The van der Waals surface area contributed by atoms with Crippen molar-refractivity contribution in [2.24, 2.45) is 7.05 Å². The maximum Gasteiger partial charge on any atom is 0.289 e. The van der Waals surface area contributed by atoms with Crippen LogP contribution in [0.25, 0.3) is 16.9 Å². The highest BCUT2D eigenvalue weighted by molar-refractivity contribution is 9.10. The van der Waals surface area contributed by atoms with Gasteiger partial charge in [-0.1, -0.05) is 30.3 Å². The van der Waals surface area contributed by atoms with Gasteiger partial charge in [0.05, 0.1) is 11.9 Å². The number of rotatable bonds is 1. The van der Waals surface area contributed by atoms with Gasteiger partial charge < -0.3 is 4.57 Å². The Morgan fingerprint density at radius 2 is 2.00 bits per heavy atom. The zero-order valence-electron chi connectivity index (χ0n) is 10.5. The molecule has 0 saturated heterocycles. The van der Waals surface area contributed by atoms with Crippen molar-refractivity contribution in [3.05, 3.63) is 56.9 Å². The molecule has 5 nitrogen and oxygen atoms in total. The highest BCUT2D eigenvalue weighted by Crippen LogP contribution is 2.26. The summed E-state index contributed by atoms with van der Waals surface area (Å²) in [5.41, 5.74) is 2.19. The maximum absolute atomic E-state index is 12.3. The zero-order valence-corrected chi connectivity index (χ0v) is 12.1. The second kappa shape index (κ2) is 4.62. The Bertz CT molecular complexity index is 903. The molecular formula is C14H9BrN4O. The third-order valence-corrected chi connectivity index (χ3v) is 3.87. The summed E-state index contributed by atoms with van der Waals surface area (Å²) in [4.78, 5) is 12.3. The summed E-state index contributed by atoms with van der Waals surface area (Å²) in [6.45, 7) is 0. The molecule has 2 heterocycles. The fraction of sp³-hybridized carbons (Fsp3) is 0.0714. The summed E-state index contributed by atoms with van der Waals surface area (Å²) < 4.78 is 3.45. The van der Waals surface area contributed by atoms with Crippen LogP contribution in [0.3, 0.4) is 0 Å². The van der Waals surface area contributed by atoms with E-state index in [0.717, 1.165) is 11.3 Å². The number of hydrogen-bond donors (Lipinski definition) is 0. The second-order valence-electron chi connectivity index (χ2n) is 4.30. The summed E-state index contributed by atoms with van der Waals surface area (Å²) in [6.07, 6.45) is 1.40. The lowest BCUT2D eigenvalue weighted by molar-refractivity contribution is 0.822. The van der Waals surface area contributed by atoms with E-state index in [9.17, 15) is 4.79 Å². The van der Waals surface area contributed by atoms with Crippen LogP contribution in [0.15, 0.2) is 45.8 Å². The number of aromatic nitrogens is 3. The van der Waals surface area contributed by atoms with E-state index in [4.69, 9.17) is 5.26 Å². The first-order valence-corrected chi connectivity index (χ1v) is 6.66. The fourth-order valence-electron chi connectivity index (χ4n) is 2.26. The van der Waals surface area contributed by atoms with Gasteiger partial charge in [0.1, 0.15) is 16.1 Å². The molecule has 0 spiro atoms. The standard InChI is InChI=1S/C14H9BrN4O/c1-18-12(9-5-3-2-4-6-9)11(15)14(20)19-13(18)10(7-16)8-17-19/h2-6,8H,1H3.